The number of anilines is 1. The Hall–Kier alpha value is -0.210. The summed E-state index contributed by atoms with van der Waals surface area (Å²) in [6.45, 7) is 4.67. The third-order valence-electron chi connectivity index (χ3n) is 3.86. The Kier molecular flexibility index (Phi) is 5.38. The Morgan fingerprint density at radius 1 is 1.33 bits per heavy atom. The number of halogens is 2. The van der Waals surface area contributed by atoms with E-state index in [0.717, 1.165) is 10.4 Å². The number of hydrogen-bond donors (Lipinski definition) is 0. The number of hydrogen-bond acceptors (Lipinski definition) is 1. The van der Waals surface area contributed by atoms with Gasteiger partial charge in [0.2, 0.25) is 0 Å². The van der Waals surface area contributed by atoms with Crippen LogP contribution in [0.1, 0.15) is 38.2 Å². The van der Waals surface area contributed by atoms with E-state index in [-0.39, 0.29) is 0 Å². The van der Waals surface area contributed by atoms with Crippen molar-refractivity contribution >= 4 is 33.2 Å². The summed E-state index contributed by atoms with van der Waals surface area (Å²) in [4.78, 5) is 2.49. The lowest BCUT2D eigenvalue weighted by atomic mass is 9.92. The maximum absolute atomic E-state index is 5.88. The molecule has 1 heterocycles. The van der Waals surface area contributed by atoms with Crippen LogP contribution in [-0.2, 0) is 5.88 Å². The van der Waals surface area contributed by atoms with E-state index >= 15 is 0 Å². The molecule has 3 heteroatoms. The molecule has 0 radical (unpaired) electrons. The molecule has 0 bridgehead atoms. The summed E-state index contributed by atoms with van der Waals surface area (Å²) in [5.74, 6) is 1.51. The molecule has 0 spiro atoms. The summed E-state index contributed by atoms with van der Waals surface area (Å²) < 4.78 is 1.13. The summed E-state index contributed by atoms with van der Waals surface area (Å²) in [5, 5.41) is 0. The normalized spacial score (nSPS) is 17.2. The number of benzene rings is 1. The van der Waals surface area contributed by atoms with Crippen LogP contribution in [0.15, 0.2) is 22.7 Å². The number of rotatable bonds is 4. The zero-order valence-electron chi connectivity index (χ0n) is 11.0. The van der Waals surface area contributed by atoms with Crippen molar-refractivity contribution in [2.45, 2.75) is 38.5 Å². The Morgan fingerprint density at radius 2 is 2.06 bits per heavy atom. The molecule has 2 rings (SSSR count). The third kappa shape index (κ3) is 3.42. The van der Waals surface area contributed by atoms with Gasteiger partial charge in [0.1, 0.15) is 0 Å². The lowest BCUT2D eigenvalue weighted by Gasteiger charge is -2.33. The predicted molar refractivity (Wildman–Crippen MR) is 83.5 cm³/mol. The molecule has 18 heavy (non-hydrogen) atoms. The molecule has 1 aliphatic rings. The van der Waals surface area contributed by atoms with Crippen LogP contribution in [0.5, 0.6) is 0 Å². The van der Waals surface area contributed by atoms with Crippen LogP contribution in [0.4, 0.5) is 5.69 Å². The Bertz CT molecular complexity index is 386. The van der Waals surface area contributed by atoms with Gasteiger partial charge in [-0.25, -0.2) is 0 Å². The first-order valence-electron chi connectivity index (χ1n) is 6.84. The topological polar surface area (TPSA) is 3.24 Å². The minimum Gasteiger partial charge on any atom is -0.371 e. The average Bonchev–Trinajstić information content (AvgIpc) is 2.40. The van der Waals surface area contributed by atoms with Gasteiger partial charge in [0.05, 0.1) is 0 Å². The van der Waals surface area contributed by atoms with Crippen LogP contribution >= 0.6 is 27.5 Å². The smallest absolute Gasteiger partial charge is 0.0485 e. The summed E-state index contributed by atoms with van der Waals surface area (Å²) in [6, 6.07) is 6.53. The molecule has 100 valence electrons. The van der Waals surface area contributed by atoms with Gasteiger partial charge in [-0.2, -0.15) is 0 Å². The van der Waals surface area contributed by atoms with Gasteiger partial charge in [-0.15, -0.1) is 11.6 Å². The quantitative estimate of drug-likeness (QED) is 0.685. The minimum absolute atomic E-state index is 0.569. The highest BCUT2D eigenvalue weighted by molar-refractivity contribution is 9.10. The molecule has 0 aromatic heterocycles. The fourth-order valence-electron chi connectivity index (χ4n) is 2.73. The van der Waals surface area contributed by atoms with Gasteiger partial charge >= 0.3 is 0 Å². The van der Waals surface area contributed by atoms with Crippen molar-refractivity contribution < 1.29 is 0 Å². The molecule has 0 saturated carbocycles. The van der Waals surface area contributed by atoms with Gasteiger partial charge in [-0.05, 0) is 36.5 Å². The molecule has 1 saturated heterocycles. The molecule has 1 fully saturated rings. The lowest BCUT2D eigenvalue weighted by molar-refractivity contribution is 0.378. The molecule has 0 amide bonds. The standard InChI is InChI=1S/C15H21BrClN/c1-2-3-12-6-8-18(9-7-12)14-5-4-13(11-17)15(16)10-14/h4-5,10,12H,2-3,6-9,11H2,1H3. The van der Waals surface area contributed by atoms with Crippen LogP contribution in [0, 0.1) is 5.92 Å². The molecule has 0 N–H and O–H groups in total. The van der Waals surface area contributed by atoms with Crippen molar-refractivity contribution in [1.82, 2.24) is 0 Å². The second-order valence-electron chi connectivity index (χ2n) is 5.13. The first kappa shape index (κ1) is 14.2. The maximum Gasteiger partial charge on any atom is 0.0485 e. The van der Waals surface area contributed by atoms with Crippen molar-refractivity contribution in [1.29, 1.82) is 0 Å². The largest absolute Gasteiger partial charge is 0.371 e. The van der Waals surface area contributed by atoms with E-state index in [4.69, 9.17) is 11.6 Å². The second-order valence-corrected chi connectivity index (χ2v) is 6.25. The van der Waals surface area contributed by atoms with E-state index in [1.54, 1.807) is 0 Å². The predicted octanol–water partition coefficient (Wildman–Crippen LogP) is 5.20. The summed E-state index contributed by atoms with van der Waals surface area (Å²) >= 11 is 9.48. The van der Waals surface area contributed by atoms with Crippen molar-refractivity contribution in [2.24, 2.45) is 5.92 Å². The molecule has 0 unspecified atom stereocenters. The summed E-state index contributed by atoms with van der Waals surface area (Å²) in [6.07, 6.45) is 5.38. The van der Waals surface area contributed by atoms with Gasteiger partial charge < -0.3 is 4.90 Å². The van der Waals surface area contributed by atoms with Crippen molar-refractivity contribution in [2.75, 3.05) is 18.0 Å². The highest BCUT2D eigenvalue weighted by atomic mass is 79.9. The fraction of sp³-hybridized carbons (Fsp3) is 0.600. The first-order chi connectivity index (χ1) is 8.74. The van der Waals surface area contributed by atoms with Crippen molar-refractivity contribution in [3.63, 3.8) is 0 Å². The maximum atomic E-state index is 5.88. The van der Waals surface area contributed by atoms with Crippen LogP contribution in [0.2, 0.25) is 0 Å². The number of nitrogens with zero attached hydrogens (tertiary/aromatic N) is 1. The SMILES string of the molecule is CCCC1CCN(c2ccc(CCl)c(Br)c2)CC1. The Balaban J connectivity index is 1.99. The number of alkyl halides is 1. The van der Waals surface area contributed by atoms with E-state index < -0.39 is 0 Å². The van der Waals surface area contributed by atoms with Gasteiger partial charge in [-0.1, -0.05) is 41.8 Å². The molecule has 1 aromatic rings. The van der Waals surface area contributed by atoms with Crippen molar-refractivity contribution in [3.8, 4) is 0 Å². The van der Waals surface area contributed by atoms with Crippen molar-refractivity contribution in [3.05, 3.63) is 28.2 Å². The summed E-state index contributed by atoms with van der Waals surface area (Å²) in [7, 11) is 0. The van der Waals surface area contributed by atoms with Crippen LogP contribution < -0.4 is 4.90 Å². The van der Waals surface area contributed by atoms with Gasteiger partial charge in [0.25, 0.3) is 0 Å². The average molecular weight is 331 g/mol. The van der Waals surface area contributed by atoms with Crippen LogP contribution in [-0.4, -0.2) is 13.1 Å². The molecule has 0 aliphatic carbocycles. The molecule has 1 aromatic carbocycles. The van der Waals surface area contributed by atoms with E-state index in [2.05, 4.69) is 46.0 Å². The van der Waals surface area contributed by atoms with Gasteiger partial charge in [-0.3, -0.25) is 0 Å². The van der Waals surface area contributed by atoms with Gasteiger partial charge in [0, 0.05) is 29.1 Å². The molecule has 1 aliphatic heterocycles. The highest BCUT2D eigenvalue weighted by Crippen LogP contribution is 2.29. The van der Waals surface area contributed by atoms with Crippen LogP contribution in [0.25, 0.3) is 0 Å². The highest BCUT2D eigenvalue weighted by Gasteiger charge is 2.19. The number of piperidine rings is 1. The van der Waals surface area contributed by atoms with E-state index in [1.165, 1.54) is 50.0 Å². The van der Waals surface area contributed by atoms with Gasteiger partial charge in [0.15, 0.2) is 0 Å². The molecular weight excluding hydrogens is 310 g/mol. The van der Waals surface area contributed by atoms with E-state index in [0.29, 0.717) is 5.88 Å². The molecule has 0 atom stereocenters. The Labute approximate surface area is 124 Å². The molecule has 1 nitrogen and oxygen atoms in total. The minimum atomic E-state index is 0.569. The molecular formula is C15H21BrClN. The zero-order valence-corrected chi connectivity index (χ0v) is 13.3. The van der Waals surface area contributed by atoms with E-state index in [1.807, 2.05) is 0 Å². The lowest BCUT2D eigenvalue weighted by Crippen LogP contribution is -2.33. The monoisotopic (exact) mass is 329 g/mol. The zero-order chi connectivity index (χ0) is 13.0. The summed E-state index contributed by atoms with van der Waals surface area (Å²) in [5.41, 5.74) is 2.49. The first-order valence-corrected chi connectivity index (χ1v) is 8.16. The Morgan fingerprint density at radius 3 is 2.61 bits per heavy atom. The second kappa shape index (κ2) is 6.81. The van der Waals surface area contributed by atoms with Crippen LogP contribution in [0.3, 0.4) is 0 Å². The van der Waals surface area contributed by atoms with E-state index in [9.17, 15) is 0 Å². The third-order valence-corrected chi connectivity index (χ3v) is 4.88. The fourth-order valence-corrected chi connectivity index (χ4v) is 3.63.